The lowest BCUT2D eigenvalue weighted by Crippen LogP contribution is -2.53. The lowest BCUT2D eigenvalue weighted by Gasteiger charge is -2.43. The molecule has 0 unspecified atom stereocenters. The van der Waals surface area contributed by atoms with Crippen LogP contribution in [0, 0.1) is 13.8 Å². The topological polar surface area (TPSA) is 68.3 Å². The summed E-state index contributed by atoms with van der Waals surface area (Å²) >= 11 is 3.59. The van der Waals surface area contributed by atoms with Gasteiger partial charge in [0.05, 0.1) is 19.3 Å². The van der Waals surface area contributed by atoms with Crippen LogP contribution in [0.15, 0.2) is 22.4 Å². The van der Waals surface area contributed by atoms with Gasteiger partial charge in [-0.1, -0.05) is 15.9 Å². The second kappa shape index (κ2) is 8.45. The first-order chi connectivity index (χ1) is 13.7. The standard InChI is InChI=1S/C21H27BrN2O5/c1-6-28-20(26)29-18-17(15-11-13(2)14(3)12-16(15)22)19(25)23(4)21(18)7-9-24(27-5)10-8-21/h11-12H,6-10H2,1-5H3. The molecule has 1 spiro atoms. The molecular formula is C21H27BrN2O5. The largest absolute Gasteiger partial charge is 0.513 e. The van der Waals surface area contributed by atoms with Gasteiger partial charge < -0.3 is 19.2 Å². The van der Waals surface area contributed by atoms with Crippen LogP contribution in [0.1, 0.15) is 36.5 Å². The summed E-state index contributed by atoms with van der Waals surface area (Å²) in [6, 6.07) is 3.93. The van der Waals surface area contributed by atoms with Gasteiger partial charge in [-0.2, -0.15) is 5.06 Å². The van der Waals surface area contributed by atoms with E-state index in [0.717, 1.165) is 21.2 Å². The lowest BCUT2D eigenvalue weighted by atomic mass is 9.85. The van der Waals surface area contributed by atoms with E-state index < -0.39 is 11.7 Å². The van der Waals surface area contributed by atoms with Crippen LogP contribution in [0.2, 0.25) is 0 Å². The number of halogens is 1. The average Bonchev–Trinajstić information content (AvgIpc) is 2.88. The number of nitrogens with zero attached hydrogens (tertiary/aromatic N) is 2. The molecule has 0 aliphatic carbocycles. The molecule has 1 aromatic carbocycles. The molecule has 2 aliphatic heterocycles. The Kier molecular flexibility index (Phi) is 6.36. The van der Waals surface area contributed by atoms with E-state index in [0.29, 0.717) is 37.3 Å². The van der Waals surface area contributed by atoms with Crippen LogP contribution in [0.4, 0.5) is 4.79 Å². The summed E-state index contributed by atoms with van der Waals surface area (Å²) in [6.07, 6.45) is 0.379. The highest BCUT2D eigenvalue weighted by molar-refractivity contribution is 9.10. The van der Waals surface area contributed by atoms with E-state index in [-0.39, 0.29) is 12.5 Å². The molecule has 2 aliphatic rings. The van der Waals surface area contributed by atoms with Crippen LogP contribution in [-0.4, -0.2) is 61.4 Å². The molecule has 8 heteroatoms. The zero-order valence-corrected chi connectivity index (χ0v) is 19.1. The number of rotatable bonds is 4. The zero-order valence-electron chi connectivity index (χ0n) is 17.5. The summed E-state index contributed by atoms with van der Waals surface area (Å²) in [7, 11) is 3.40. The first-order valence-corrected chi connectivity index (χ1v) is 10.5. The molecule has 158 valence electrons. The van der Waals surface area contributed by atoms with E-state index in [4.69, 9.17) is 14.3 Å². The maximum absolute atomic E-state index is 13.4. The van der Waals surface area contributed by atoms with Crippen molar-refractivity contribution in [1.29, 1.82) is 0 Å². The van der Waals surface area contributed by atoms with Crippen molar-refractivity contribution in [2.75, 3.05) is 33.9 Å². The van der Waals surface area contributed by atoms with Gasteiger partial charge in [-0.3, -0.25) is 4.79 Å². The van der Waals surface area contributed by atoms with Gasteiger partial charge >= 0.3 is 6.16 Å². The van der Waals surface area contributed by atoms with Gasteiger partial charge in [-0.15, -0.1) is 0 Å². The third-order valence-electron chi connectivity index (χ3n) is 5.92. The van der Waals surface area contributed by atoms with Gasteiger partial charge in [0.15, 0.2) is 5.76 Å². The minimum absolute atomic E-state index is 0.167. The number of carbonyl (C=O) groups is 2. The molecule has 0 atom stereocenters. The zero-order chi connectivity index (χ0) is 21.3. The van der Waals surface area contributed by atoms with Crippen LogP contribution < -0.4 is 0 Å². The van der Waals surface area contributed by atoms with Crippen molar-refractivity contribution in [2.45, 2.75) is 39.2 Å². The Labute approximate surface area is 179 Å². The number of carbonyl (C=O) groups excluding carboxylic acids is 2. The molecule has 29 heavy (non-hydrogen) atoms. The predicted octanol–water partition coefficient (Wildman–Crippen LogP) is 3.82. The minimum Gasteiger partial charge on any atom is -0.434 e. The number of amides is 1. The van der Waals surface area contributed by atoms with E-state index in [1.165, 1.54) is 0 Å². The Bertz CT molecular complexity index is 859. The van der Waals surface area contributed by atoms with Crippen molar-refractivity contribution in [3.05, 3.63) is 39.1 Å². The Balaban J connectivity index is 2.16. The second-order valence-corrected chi connectivity index (χ2v) is 8.27. The summed E-state index contributed by atoms with van der Waals surface area (Å²) in [5, 5.41) is 1.84. The number of piperidine rings is 1. The van der Waals surface area contributed by atoms with Crippen molar-refractivity contribution < 1.29 is 23.9 Å². The summed E-state index contributed by atoms with van der Waals surface area (Å²) in [6.45, 7) is 7.15. The van der Waals surface area contributed by atoms with Crippen molar-refractivity contribution in [1.82, 2.24) is 9.96 Å². The van der Waals surface area contributed by atoms with Gasteiger partial charge in [-0.05, 0) is 56.9 Å². The Morgan fingerprint density at radius 1 is 1.21 bits per heavy atom. The van der Waals surface area contributed by atoms with E-state index in [9.17, 15) is 9.59 Å². The van der Waals surface area contributed by atoms with E-state index in [1.807, 2.05) is 31.0 Å². The van der Waals surface area contributed by atoms with Crippen molar-refractivity contribution >= 4 is 33.6 Å². The maximum atomic E-state index is 13.4. The number of benzene rings is 1. The Morgan fingerprint density at radius 2 is 1.83 bits per heavy atom. The van der Waals surface area contributed by atoms with E-state index in [1.54, 1.807) is 26.0 Å². The fraction of sp³-hybridized carbons (Fsp3) is 0.524. The van der Waals surface area contributed by atoms with Crippen LogP contribution in [0.25, 0.3) is 5.57 Å². The summed E-state index contributed by atoms with van der Waals surface area (Å²) in [4.78, 5) is 32.7. The van der Waals surface area contributed by atoms with Crippen LogP contribution in [0.5, 0.6) is 0 Å². The highest BCUT2D eigenvalue weighted by Gasteiger charge is 2.54. The molecule has 0 N–H and O–H groups in total. The molecule has 3 rings (SSSR count). The fourth-order valence-electron chi connectivity index (χ4n) is 4.03. The highest BCUT2D eigenvalue weighted by atomic mass is 79.9. The number of hydrogen-bond acceptors (Lipinski definition) is 6. The molecule has 1 aromatic rings. The number of likely N-dealkylation sites (N-methyl/N-ethyl adjacent to an activating group) is 1. The number of hydrogen-bond donors (Lipinski definition) is 0. The molecule has 0 saturated carbocycles. The molecule has 7 nitrogen and oxygen atoms in total. The fourth-order valence-corrected chi connectivity index (χ4v) is 4.69. The third kappa shape index (κ3) is 3.81. The van der Waals surface area contributed by atoms with Gasteiger partial charge in [0.2, 0.25) is 0 Å². The van der Waals surface area contributed by atoms with E-state index >= 15 is 0 Å². The summed E-state index contributed by atoms with van der Waals surface area (Å²) < 4.78 is 11.5. The molecule has 0 radical (unpaired) electrons. The van der Waals surface area contributed by atoms with Crippen molar-refractivity contribution in [2.24, 2.45) is 0 Å². The SMILES string of the molecule is CCOC(=O)OC1=C(c2cc(C)c(C)cc2Br)C(=O)N(C)C12CCN(OC)CC2. The number of ether oxygens (including phenoxy) is 2. The monoisotopic (exact) mass is 466 g/mol. The van der Waals surface area contributed by atoms with Gasteiger partial charge in [0.1, 0.15) is 5.54 Å². The van der Waals surface area contributed by atoms with Crippen LogP contribution >= 0.6 is 15.9 Å². The molecule has 0 aromatic heterocycles. The summed E-state index contributed by atoms with van der Waals surface area (Å²) in [5.41, 5.74) is 2.57. The first kappa shape index (κ1) is 21.8. The number of aryl methyl sites for hydroxylation is 2. The third-order valence-corrected chi connectivity index (χ3v) is 6.57. The van der Waals surface area contributed by atoms with E-state index in [2.05, 4.69) is 15.9 Å². The lowest BCUT2D eigenvalue weighted by molar-refractivity contribution is -0.162. The normalized spacial score (nSPS) is 19.2. The predicted molar refractivity (Wildman–Crippen MR) is 112 cm³/mol. The smallest absolute Gasteiger partial charge is 0.434 e. The van der Waals surface area contributed by atoms with Gasteiger partial charge in [0.25, 0.3) is 5.91 Å². The first-order valence-electron chi connectivity index (χ1n) is 9.68. The van der Waals surface area contributed by atoms with Gasteiger partial charge in [0, 0.05) is 30.2 Å². The number of hydroxylamine groups is 2. The molecule has 1 saturated heterocycles. The molecule has 2 heterocycles. The maximum Gasteiger partial charge on any atom is 0.513 e. The Morgan fingerprint density at radius 3 is 2.41 bits per heavy atom. The van der Waals surface area contributed by atoms with Crippen LogP contribution in [-0.2, 0) is 19.1 Å². The highest BCUT2D eigenvalue weighted by Crippen LogP contribution is 2.47. The molecule has 0 bridgehead atoms. The Hall–Kier alpha value is -1.90. The second-order valence-electron chi connectivity index (χ2n) is 7.41. The average molecular weight is 467 g/mol. The molecular weight excluding hydrogens is 440 g/mol. The summed E-state index contributed by atoms with van der Waals surface area (Å²) in [5.74, 6) is 0.197. The van der Waals surface area contributed by atoms with Gasteiger partial charge in [-0.25, -0.2) is 4.79 Å². The van der Waals surface area contributed by atoms with Crippen molar-refractivity contribution in [3.8, 4) is 0 Å². The minimum atomic E-state index is -0.795. The quantitative estimate of drug-likeness (QED) is 0.628. The van der Waals surface area contributed by atoms with Crippen LogP contribution in [0.3, 0.4) is 0 Å². The van der Waals surface area contributed by atoms with Crippen molar-refractivity contribution in [3.63, 3.8) is 0 Å². The molecule has 1 amide bonds. The molecule has 1 fully saturated rings.